The van der Waals surface area contributed by atoms with Crippen LogP contribution in [0, 0.1) is 10.8 Å². The highest BCUT2D eigenvalue weighted by molar-refractivity contribution is 5.78. The van der Waals surface area contributed by atoms with E-state index in [1.807, 2.05) is 0 Å². The highest BCUT2D eigenvalue weighted by atomic mass is 14.5. The average molecular weight is 204 g/mol. The molecule has 0 aromatic carbocycles. The Bertz CT molecular complexity index is 116. The van der Waals surface area contributed by atoms with Crippen molar-refractivity contribution in [1.29, 1.82) is 10.8 Å². The summed E-state index contributed by atoms with van der Waals surface area (Å²) >= 11 is 0. The van der Waals surface area contributed by atoms with Gasteiger partial charge in [0.05, 0.1) is 0 Å². The topological polar surface area (TPSA) is 99.7 Å². The van der Waals surface area contributed by atoms with Crippen molar-refractivity contribution < 1.29 is 0 Å². The molecule has 88 valence electrons. The zero-order chi connectivity index (χ0) is 9.98. The van der Waals surface area contributed by atoms with Crippen LogP contribution in [0.15, 0.2) is 0 Å². The summed E-state index contributed by atoms with van der Waals surface area (Å²) in [5.41, 5.74) is 11.5. The molecule has 14 heavy (non-hydrogen) atoms. The number of hydrogen-bond donors (Lipinski definition) is 4. The maximum Gasteiger partial charge on any atom is 0.00707 e. The zero-order valence-electron chi connectivity index (χ0n) is 7.98. The molecule has 0 radical (unpaired) electrons. The maximum absolute atomic E-state index is 6.81. The van der Waals surface area contributed by atoms with Gasteiger partial charge in [-0.05, 0) is 39.8 Å². The van der Waals surface area contributed by atoms with Gasteiger partial charge >= 0.3 is 0 Å². The first kappa shape index (κ1) is 23.2. The fraction of sp³-hybridized carbons (Fsp3) is 0.800. The fourth-order valence-corrected chi connectivity index (χ4v) is 0.433. The first-order valence-corrected chi connectivity index (χ1v) is 4.02. The van der Waals surface area contributed by atoms with Crippen molar-refractivity contribution in [2.24, 2.45) is 11.5 Å². The Morgan fingerprint density at radius 3 is 1.07 bits per heavy atom. The van der Waals surface area contributed by atoms with E-state index in [-0.39, 0.29) is 14.9 Å². The van der Waals surface area contributed by atoms with E-state index < -0.39 is 0 Å². The van der Waals surface area contributed by atoms with E-state index in [9.17, 15) is 0 Å². The highest BCUT2D eigenvalue weighted by Crippen LogP contribution is 1.73. The molecular formula is C10H28N4. The van der Waals surface area contributed by atoms with Crippen molar-refractivity contribution in [1.82, 2.24) is 0 Å². The predicted octanol–water partition coefficient (Wildman–Crippen LogP) is 2.02. The van der Waals surface area contributed by atoms with E-state index in [1.54, 1.807) is 13.8 Å². The quantitative estimate of drug-likeness (QED) is 0.527. The Balaban J connectivity index is -0.0000000625. The summed E-state index contributed by atoms with van der Waals surface area (Å²) in [5.74, 6) is 0. The summed E-state index contributed by atoms with van der Waals surface area (Å²) in [6, 6.07) is 0. The molecule has 6 N–H and O–H groups in total. The lowest BCUT2D eigenvalue weighted by molar-refractivity contribution is 1.03. The Morgan fingerprint density at radius 1 is 0.857 bits per heavy atom. The van der Waals surface area contributed by atoms with Crippen molar-refractivity contribution in [3.63, 3.8) is 0 Å². The molecule has 0 saturated heterocycles. The molecule has 0 unspecified atom stereocenters. The third kappa shape index (κ3) is 42.8. The molecule has 0 fully saturated rings. The van der Waals surface area contributed by atoms with Gasteiger partial charge in [-0.15, -0.1) is 0 Å². The van der Waals surface area contributed by atoms with Gasteiger partial charge in [-0.1, -0.05) is 14.9 Å². The number of rotatable bonds is 4. The molecule has 0 rings (SSSR count). The Morgan fingerprint density at radius 2 is 1.07 bits per heavy atom. The minimum Gasteiger partial charge on any atom is -0.330 e. The molecule has 0 aromatic rings. The van der Waals surface area contributed by atoms with E-state index in [4.69, 9.17) is 22.3 Å². The lowest BCUT2D eigenvalue weighted by Crippen LogP contribution is -2.02. The summed E-state index contributed by atoms with van der Waals surface area (Å²) in [7, 11) is 0. The first-order valence-electron chi connectivity index (χ1n) is 4.02. The van der Waals surface area contributed by atoms with Crippen LogP contribution in [0.3, 0.4) is 0 Å². The number of hydrogen-bond acceptors (Lipinski definition) is 4. The monoisotopic (exact) mass is 204 g/mol. The molecule has 0 amide bonds. The van der Waals surface area contributed by atoms with Gasteiger partial charge in [0, 0.05) is 11.4 Å². The van der Waals surface area contributed by atoms with Crippen molar-refractivity contribution in [3.8, 4) is 0 Å². The van der Waals surface area contributed by atoms with Gasteiger partial charge in [-0.2, -0.15) is 0 Å². The molecule has 0 atom stereocenters. The van der Waals surface area contributed by atoms with Gasteiger partial charge in [-0.3, -0.25) is 0 Å². The smallest absolute Gasteiger partial charge is 0.00707 e. The van der Waals surface area contributed by atoms with Crippen LogP contribution >= 0.6 is 0 Å². The van der Waals surface area contributed by atoms with Gasteiger partial charge in [0.2, 0.25) is 0 Å². The van der Waals surface area contributed by atoms with E-state index in [0.29, 0.717) is 24.5 Å². The molecule has 0 spiro atoms. The molecule has 0 aliphatic carbocycles. The van der Waals surface area contributed by atoms with Crippen LogP contribution in [0.25, 0.3) is 0 Å². The number of nitrogens with one attached hydrogen (secondary N) is 2. The molecule has 0 aromatic heterocycles. The lowest BCUT2D eigenvalue weighted by Gasteiger charge is -1.85. The fourth-order valence-electron chi connectivity index (χ4n) is 0.433. The second-order valence-corrected chi connectivity index (χ2v) is 2.64. The molecule has 0 aliphatic heterocycles. The van der Waals surface area contributed by atoms with Gasteiger partial charge < -0.3 is 22.3 Å². The van der Waals surface area contributed by atoms with Crippen LogP contribution in [0.5, 0.6) is 0 Å². The van der Waals surface area contributed by atoms with E-state index in [1.165, 1.54) is 0 Å². The summed E-state index contributed by atoms with van der Waals surface area (Å²) in [6.07, 6.45) is 1.47. The minimum atomic E-state index is 0. The summed E-state index contributed by atoms with van der Waals surface area (Å²) in [5, 5.41) is 13.6. The molecule has 0 aliphatic rings. The Labute approximate surface area is 89.1 Å². The van der Waals surface area contributed by atoms with Crippen LogP contribution in [0.2, 0.25) is 0 Å². The van der Waals surface area contributed by atoms with Crippen LogP contribution < -0.4 is 11.5 Å². The molecule has 0 bridgehead atoms. The second kappa shape index (κ2) is 18.1. The molecule has 0 heterocycles. The van der Waals surface area contributed by atoms with Crippen molar-refractivity contribution >= 4 is 11.4 Å². The molecule has 4 nitrogen and oxygen atoms in total. The first-order chi connectivity index (χ1) is 5.54. The van der Waals surface area contributed by atoms with Crippen molar-refractivity contribution in [3.05, 3.63) is 0 Å². The minimum absolute atomic E-state index is 0. The maximum atomic E-state index is 6.81. The highest BCUT2D eigenvalue weighted by Gasteiger charge is 1.79. The number of nitrogens with two attached hydrogens (primary N) is 2. The van der Waals surface area contributed by atoms with E-state index in [0.717, 1.165) is 12.8 Å². The zero-order valence-corrected chi connectivity index (χ0v) is 7.98. The predicted molar refractivity (Wildman–Crippen MR) is 67.6 cm³/mol. The average Bonchev–Trinajstić information content (AvgIpc) is 1.87. The molecule has 0 saturated carbocycles. The second-order valence-electron chi connectivity index (χ2n) is 2.64. The standard InChI is InChI=1S/2C4H10N2.2CH4/c2*1-4(6)2-3-5;;/h2*6H,2-3,5H2,1H3;2*1H4. The van der Waals surface area contributed by atoms with Gasteiger partial charge in [-0.25, -0.2) is 0 Å². The SMILES string of the molecule is C.C.CC(=N)CCN.CC(=N)CCN. The van der Waals surface area contributed by atoms with Crippen molar-refractivity contribution in [2.75, 3.05) is 13.1 Å². The third-order valence-electron chi connectivity index (χ3n) is 1.04. The normalized spacial score (nSPS) is 7.14. The van der Waals surface area contributed by atoms with Crippen LogP contribution in [0.4, 0.5) is 0 Å². The molecular weight excluding hydrogens is 176 g/mol. The summed E-state index contributed by atoms with van der Waals surface area (Å²) in [6.45, 7) is 4.73. The largest absolute Gasteiger partial charge is 0.330 e. The van der Waals surface area contributed by atoms with Gasteiger partial charge in [0.1, 0.15) is 0 Å². The Hall–Kier alpha value is -0.740. The van der Waals surface area contributed by atoms with E-state index >= 15 is 0 Å². The van der Waals surface area contributed by atoms with E-state index in [2.05, 4.69) is 0 Å². The van der Waals surface area contributed by atoms with Crippen LogP contribution in [-0.4, -0.2) is 24.5 Å². The third-order valence-corrected chi connectivity index (χ3v) is 1.04. The van der Waals surface area contributed by atoms with Gasteiger partial charge in [0.15, 0.2) is 0 Å². The summed E-state index contributed by atoms with van der Waals surface area (Å²) < 4.78 is 0. The summed E-state index contributed by atoms with van der Waals surface area (Å²) in [4.78, 5) is 0. The van der Waals surface area contributed by atoms with Gasteiger partial charge in [0.25, 0.3) is 0 Å². The van der Waals surface area contributed by atoms with Crippen LogP contribution in [0.1, 0.15) is 41.5 Å². The van der Waals surface area contributed by atoms with Crippen molar-refractivity contribution in [2.45, 2.75) is 41.5 Å². The van der Waals surface area contributed by atoms with Crippen LogP contribution in [-0.2, 0) is 0 Å². The lowest BCUT2D eigenvalue weighted by atomic mass is 10.3. The Kier molecular flexibility index (Phi) is 30.1. The molecule has 4 heteroatoms.